The van der Waals surface area contributed by atoms with E-state index >= 15 is 0 Å². The SMILES string of the molecule is O=Cc1cnn2c1CNC(Nc1ccc(Cl)cc1)=CC2=NC1CC1. The standard InChI is InChI=1S/C17H16ClN5O/c18-12-1-3-13(4-2-12)21-16-7-17(22-14-5-6-14)23-15(9-19-16)11(10-24)8-20-23/h1-4,7-8,10,14,19,21H,5-6,9H2. The summed E-state index contributed by atoms with van der Waals surface area (Å²) in [4.78, 5) is 16.0. The number of hydrogen-bond acceptors (Lipinski definition) is 5. The summed E-state index contributed by atoms with van der Waals surface area (Å²) in [6.45, 7) is 0.490. The molecular formula is C17H16ClN5O. The highest BCUT2D eigenvalue weighted by Crippen LogP contribution is 2.25. The maximum atomic E-state index is 11.2. The predicted molar refractivity (Wildman–Crippen MR) is 93.5 cm³/mol. The molecule has 2 heterocycles. The number of allylic oxidation sites excluding steroid dienone is 1. The Morgan fingerprint density at radius 1 is 1.33 bits per heavy atom. The number of nitrogens with one attached hydrogen (secondary N) is 2. The molecule has 0 unspecified atom stereocenters. The molecule has 0 saturated heterocycles. The Hall–Kier alpha value is -2.60. The summed E-state index contributed by atoms with van der Waals surface area (Å²) in [5.74, 6) is 1.54. The Morgan fingerprint density at radius 3 is 2.83 bits per heavy atom. The van der Waals surface area contributed by atoms with Crippen LogP contribution in [0.25, 0.3) is 0 Å². The highest BCUT2D eigenvalue weighted by molar-refractivity contribution is 6.30. The van der Waals surface area contributed by atoms with Crippen LogP contribution >= 0.6 is 11.6 Å². The van der Waals surface area contributed by atoms with E-state index in [4.69, 9.17) is 16.6 Å². The second-order valence-electron chi connectivity index (χ2n) is 5.84. The van der Waals surface area contributed by atoms with Gasteiger partial charge in [0.15, 0.2) is 12.1 Å². The monoisotopic (exact) mass is 341 g/mol. The maximum Gasteiger partial charge on any atom is 0.153 e. The van der Waals surface area contributed by atoms with Crippen LogP contribution in [0.15, 0.2) is 47.4 Å². The fraction of sp³-hybridized carbons (Fsp3) is 0.235. The molecule has 2 aromatic rings. The van der Waals surface area contributed by atoms with Gasteiger partial charge in [0.1, 0.15) is 5.82 Å². The van der Waals surface area contributed by atoms with E-state index in [-0.39, 0.29) is 0 Å². The molecule has 2 aliphatic rings. The smallest absolute Gasteiger partial charge is 0.153 e. The fourth-order valence-electron chi connectivity index (χ4n) is 2.53. The van der Waals surface area contributed by atoms with Crippen LogP contribution in [0, 0.1) is 0 Å². The molecule has 1 aromatic carbocycles. The zero-order chi connectivity index (χ0) is 16.5. The summed E-state index contributed by atoms with van der Waals surface area (Å²) >= 11 is 5.93. The van der Waals surface area contributed by atoms with Crippen molar-refractivity contribution in [2.24, 2.45) is 4.99 Å². The minimum Gasteiger partial charge on any atom is -0.366 e. The first kappa shape index (κ1) is 15.0. The second kappa shape index (κ2) is 6.13. The van der Waals surface area contributed by atoms with Crippen molar-refractivity contribution in [2.75, 3.05) is 5.32 Å². The van der Waals surface area contributed by atoms with Crippen LogP contribution in [-0.4, -0.2) is 27.9 Å². The third-order valence-electron chi connectivity index (χ3n) is 3.95. The first-order valence-corrected chi connectivity index (χ1v) is 8.19. The number of halogens is 1. The van der Waals surface area contributed by atoms with Gasteiger partial charge in [-0.1, -0.05) is 11.6 Å². The van der Waals surface area contributed by atoms with E-state index in [9.17, 15) is 4.79 Å². The van der Waals surface area contributed by atoms with E-state index in [0.29, 0.717) is 23.2 Å². The van der Waals surface area contributed by atoms with Crippen molar-refractivity contribution >= 4 is 29.4 Å². The van der Waals surface area contributed by atoms with Gasteiger partial charge in [-0.15, -0.1) is 0 Å². The number of nitrogens with zero attached hydrogens (tertiary/aromatic N) is 3. The summed E-state index contributed by atoms with van der Waals surface area (Å²) in [6.07, 6.45) is 6.53. The van der Waals surface area contributed by atoms with Crippen molar-refractivity contribution in [1.82, 2.24) is 15.1 Å². The minimum absolute atomic E-state index is 0.350. The lowest BCUT2D eigenvalue weighted by molar-refractivity contribution is 0.112. The topological polar surface area (TPSA) is 71.3 Å². The zero-order valence-corrected chi connectivity index (χ0v) is 13.6. The summed E-state index contributed by atoms with van der Waals surface area (Å²) in [5, 5.41) is 11.6. The van der Waals surface area contributed by atoms with Gasteiger partial charge in [0.2, 0.25) is 0 Å². The van der Waals surface area contributed by atoms with Gasteiger partial charge in [-0.3, -0.25) is 9.79 Å². The van der Waals surface area contributed by atoms with Crippen LogP contribution in [0.2, 0.25) is 5.02 Å². The van der Waals surface area contributed by atoms with Gasteiger partial charge in [0.05, 0.1) is 30.0 Å². The molecule has 2 N–H and O–H groups in total. The fourth-order valence-corrected chi connectivity index (χ4v) is 2.66. The van der Waals surface area contributed by atoms with Crippen molar-refractivity contribution in [3.8, 4) is 0 Å². The molecular weight excluding hydrogens is 326 g/mol. The number of carbonyl (C=O) groups excluding carboxylic acids is 1. The van der Waals surface area contributed by atoms with E-state index in [2.05, 4.69) is 15.7 Å². The lowest BCUT2D eigenvalue weighted by atomic mass is 10.2. The van der Waals surface area contributed by atoms with Crippen LogP contribution in [0.4, 0.5) is 5.69 Å². The third-order valence-corrected chi connectivity index (χ3v) is 4.20. The van der Waals surface area contributed by atoms with Crippen molar-refractivity contribution in [3.63, 3.8) is 0 Å². The number of aliphatic imine (C=N–C) groups is 1. The number of rotatable bonds is 4. The van der Waals surface area contributed by atoms with Crippen molar-refractivity contribution in [1.29, 1.82) is 0 Å². The van der Waals surface area contributed by atoms with Crippen LogP contribution in [0.3, 0.4) is 0 Å². The average molecular weight is 342 g/mol. The average Bonchev–Trinajstić information content (AvgIpc) is 3.33. The Labute approximate surface area is 144 Å². The largest absolute Gasteiger partial charge is 0.366 e. The zero-order valence-electron chi connectivity index (χ0n) is 12.9. The number of aldehydes is 1. The third kappa shape index (κ3) is 3.05. The number of benzene rings is 1. The van der Waals surface area contributed by atoms with E-state index in [1.165, 1.54) is 0 Å². The van der Waals surface area contributed by atoms with Gasteiger partial charge in [-0.25, -0.2) is 4.68 Å². The highest BCUT2D eigenvalue weighted by Gasteiger charge is 2.24. The predicted octanol–water partition coefficient (Wildman–Crippen LogP) is 2.81. The van der Waals surface area contributed by atoms with E-state index in [1.54, 1.807) is 10.9 Å². The van der Waals surface area contributed by atoms with Gasteiger partial charge in [-0.2, -0.15) is 5.10 Å². The van der Waals surface area contributed by atoms with Gasteiger partial charge in [0.25, 0.3) is 0 Å². The molecule has 1 aliphatic heterocycles. The Balaban J connectivity index is 1.67. The number of hydrogen-bond donors (Lipinski definition) is 2. The molecule has 1 fully saturated rings. The number of aromatic nitrogens is 2. The Kier molecular flexibility index (Phi) is 3.82. The maximum absolute atomic E-state index is 11.2. The molecule has 1 aliphatic carbocycles. The summed E-state index contributed by atoms with van der Waals surface area (Å²) < 4.78 is 1.74. The first-order chi connectivity index (χ1) is 11.7. The number of carbonyl (C=O) groups is 1. The molecule has 0 amide bonds. The Bertz CT molecular complexity index is 833. The molecule has 1 aromatic heterocycles. The molecule has 0 spiro atoms. The lowest BCUT2D eigenvalue weighted by Crippen LogP contribution is -2.19. The molecule has 6 nitrogen and oxygen atoms in total. The van der Waals surface area contributed by atoms with E-state index in [1.807, 2.05) is 30.3 Å². The molecule has 122 valence electrons. The number of fused-ring (bicyclic) bond motifs is 1. The van der Waals surface area contributed by atoms with Crippen molar-refractivity contribution in [3.05, 3.63) is 58.6 Å². The van der Waals surface area contributed by atoms with E-state index in [0.717, 1.165) is 42.2 Å². The Morgan fingerprint density at radius 2 is 2.12 bits per heavy atom. The van der Waals surface area contributed by atoms with Crippen LogP contribution < -0.4 is 10.6 Å². The van der Waals surface area contributed by atoms with Gasteiger partial charge < -0.3 is 10.6 Å². The van der Waals surface area contributed by atoms with Crippen LogP contribution in [0.1, 0.15) is 28.9 Å². The van der Waals surface area contributed by atoms with Crippen molar-refractivity contribution in [2.45, 2.75) is 25.4 Å². The highest BCUT2D eigenvalue weighted by atomic mass is 35.5. The van der Waals surface area contributed by atoms with Crippen molar-refractivity contribution < 1.29 is 4.79 Å². The minimum atomic E-state index is 0.350. The second-order valence-corrected chi connectivity index (χ2v) is 6.27. The van der Waals surface area contributed by atoms with Gasteiger partial charge in [-0.05, 0) is 37.1 Å². The summed E-state index contributed by atoms with van der Waals surface area (Å²) in [6, 6.07) is 7.82. The lowest BCUT2D eigenvalue weighted by Gasteiger charge is -2.11. The molecule has 4 rings (SSSR count). The molecule has 0 atom stereocenters. The normalized spacial score (nSPS) is 18.4. The first-order valence-electron chi connectivity index (χ1n) is 7.81. The summed E-state index contributed by atoms with van der Waals surface area (Å²) in [5.41, 5.74) is 2.31. The molecule has 0 bridgehead atoms. The quantitative estimate of drug-likeness (QED) is 0.839. The molecule has 7 heteroatoms. The van der Waals surface area contributed by atoms with Crippen LogP contribution in [0.5, 0.6) is 0 Å². The molecule has 24 heavy (non-hydrogen) atoms. The number of anilines is 1. The van der Waals surface area contributed by atoms with E-state index < -0.39 is 0 Å². The molecule has 0 radical (unpaired) electrons. The molecule has 1 saturated carbocycles. The van der Waals surface area contributed by atoms with Crippen LogP contribution in [-0.2, 0) is 6.54 Å². The van der Waals surface area contributed by atoms with Gasteiger partial charge in [0, 0.05) is 16.8 Å². The summed E-state index contributed by atoms with van der Waals surface area (Å²) in [7, 11) is 0. The van der Waals surface area contributed by atoms with Gasteiger partial charge >= 0.3 is 0 Å².